The van der Waals surface area contributed by atoms with Crippen molar-refractivity contribution in [2.24, 2.45) is 17.6 Å². The molecule has 4 heteroatoms. The lowest BCUT2D eigenvalue weighted by Gasteiger charge is -2.33. The van der Waals surface area contributed by atoms with Gasteiger partial charge in [0.15, 0.2) is 0 Å². The highest BCUT2D eigenvalue weighted by Gasteiger charge is 2.26. The summed E-state index contributed by atoms with van der Waals surface area (Å²) >= 11 is 0. The number of halogens is 1. The van der Waals surface area contributed by atoms with E-state index in [0.717, 1.165) is 38.9 Å². The van der Waals surface area contributed by atoms with Crippen LogP contribution in [0.1, 0.15) is 38.5 Å². The third-order valence-corrected chi connectivity index (χ3v) is 3.99. The topological polar surface area (TPSA) is 46.3 Å². The third kappa shape index (κ3) is 3.36. The van der Waals surface area contributed by atoms with Crippen molar-refractivity contribution in [3.05, 3.63) is 0 Å². The van der Waals surface area contributed by atoms with Crippen molar-refractivity contribution in [3.8, 4) is 0 Å². The summed E-state index contributed by atoms with van der Waals surface area (Å²) in [5.41, 5.74) is 5.63. The van der Waals surface area contributed by atoms with Crippen molar-refractivity contribution in [1.29, 1.82) is 0 Å². The van der Waals surface area contributed by atoms with Crippen LogP contribution in [0.3, 0.4) is 0 Å². The molecule has 0 spiro atoms. The summed E-state index contributed by atoms with van der Waals surface area (Å²) in [4.78, 5) is 13.9. The number of hydrogen-bond acceptors (Lipinski definition) is 2. The lowest BCUT2D eigenvalue weighted by molar-refractivity contribution is -0.134. The van der Waals surface area contributed by atoms with Crippen LogP contribution in [0.5, 0.6) is 0 Å². The fraction of sp³-hybridized carbons (Fsp3) is 0.917. The minimum absolute atomic E-state index is 0. The molecule has 2 fully saturated rings. The summed E-state index contributed by atoms with van der Waals surface area (Å²) in [7, 11) is 0. The SMILES string of the molecule is Cl.NCC1CCN(C(=O)CC2CCC2)CC1. The molecule has 0 bridgehead atoms. The summed E-state index contributed by atoms with van der Waals surface area (Å²) in [6.07, 6.45) is 6.87. The van der Waals surface area contributed by atoms with E-state index in [4.69, 9.17) is 5.73 Å². The Morgan fingerprint density at radius 2 is 1.75 bits per heavy atom. The van der Waals surface area contributed by atoms with Crippen LogP contribution >= 0.6 is 12.4 Å². The number of carbonyl (C=O) groups is 1. The number of piperidine rings is 1. The second-order valence-corrected chi connectivity index (χ2v) is 5.06. The molecule has 2 rings (SSSR count). The van der Waals surface area contributed by atoms with Crippen molar-refractivity contribution >= 4 is 18.3 Å². The zero-order valence-electron chi connectivity index (χ0n) is 9.86. The number of likely N-dealkylation sites (tertiary alicyclic amines) is 1. The molecule has 0 atom stereocenters. The van der Waals surface area contributed by atoms with Crippen LogP contribution < -0.4 is 5.73 Å². The second kappa shape index (κ2) is 6.45. The van der Waals surface area contributed by atoms with Crippen molar-refractivity contribution in [2.75, 3.05) is 19.6 Å². The van der Waals surface area contributed by atoms with Gasteiger partial charge >= 0.3 is 0 Å². The fourth-order valence-electron chi connectivity index (χ4n) is 2.49. The Hall–Kier alpha value is -0.280. The molecule has 94 valence electrons. The summed E-state index contributed by atoms with van der Waals surface area (Å²) in [6, 6.07) is 0. The van der Waals surface area contributed by atoms with Gasteiger partial charge in [0, 0.05) is 19.5 Å². The number of nitrogens with two attached hydrogens (primary N) is 1. The molecule has 0 aromatic rings. The summed E-state index contributed by atoms with van der Waals surface area (Å²) in [5, 5.41) is 0. The Balaban J connectivity index is 0.00000128. The molecule has 1 heterocycles. The molecule has 0 radical (unpaired) electrons. The molecule has 1 aliphatic heterocycles. The van der Waals surface area contributed by atoms with E-state index in [0.29, 0.717) is 17.7 Å². The minimum atomic E-state index is 0. The standard InChI is InChI=1S/C12H22N2O.ClH/c13-9-11-4-6-14(7-5-11)12(15)8-10-2-1-3-10;/h10-11H,1-9,13H2;1H. The lowest BCUT2D eigenvalue weighted by atomic mass is 9.82. The maximum absolute atomic E-state index is 11.9. The van der Waals surface area contributed by atoms with E-state index >= 15 is 0 Å². The van der Waals surface area contributed by atoms with Crippen LogP contribution in [0.2, 0.25) is 0 Å². The maximum Gasteiger partial charge on any atom is 0.222 e. The first-order valence-electron chi connectivity index (χ1n) is 6.27. The van der Waals surface area contributed by atoms with Gasteiger partial charge in [-0.25, -0.2) is 0 Å². The van der Waals surface area contributed by atoms with E-state index in [9.17, 15) is 4.79 Å². The van der Waals surface area contributed by atoms with Crippen LogP contribution in [0, 0.1) is 11.8 Å². The monoisotopic (exact) mass is 246 g/mol. The average molecular weight is 247 g/mol. The molecule has 2 N–H and O–H groups in total. The zero-order chi connectivity index (χ0) is 10.7. The molecule has 1 saturated heterocycles. The molecule has 0 aromatic heterocycles. The van der Waals surface area contributed by atoms with Crippen molar-refractivity contribution in [2.45, 2.75) is 38.5 Å². The number of carbonyl (C=O) groups excluding carboxylic acids is 1. The summed E-state index contributed by atoms with van der Waals surface area (Å²) in [5.74, 6) is 1.73. The van der Waals surface area contributed by atoms with Crippen LogP contribution in [0.25, 0.3) is 0 Å². The minimum Gasteiger partial charge on any atom is -0.343 e. The van der Waals surface area contributed by atoms with Gasteiger partial charge in [-0.2, -0.15) is 0 Å². The van der Waals surface area contributed by atoms with E-state index in [1.807, 2.05) is 4.90 Å². The number of amides is 1. The third-order valence-electron chi connectivity index (χ3n) is 3.99. The number of rotatable bonds is 3. The van der Waals surface area contributed by atoms with Crippen LogP contribution in [-0.2, 0) is 4.79 Å². The molecule has 3 nitrogen and oxygen atoms in total. The quantitative estimate of drug-likeness (QED) is 0.826. The van der Waals surface area contributed by atoms with E-state index in [1.54, 1.807) is 0 Å². The maximum atomic E-state index is 11.9. The fourth-order valence-corrected chi connectivity index (χ4v) is 2.49. The predicted octanol–water partition coefficient (Wildman–Crippen LogP) is 1.80. The Labute approximate surface area is 104 Å². The van der Waals surface area contributed by atoms with Crippen LogP contribution in [-0.4, -0.2) is 30.4 Å². The lowest BCUT2D eigenvalue weighted by Crippen LogP contribution is -2.41. The Morgan fingerprint density at radius 3 is 2.19 bits per heavy atom. The first-order chi connectivity index (χ1) is 7.29. The van der Waals surface area contributed by atoms with Crippen LogP contribution in [0.4, 0.5) is 0 Å². The van der Waals surface area contributed by atoms with Crippen molar-refractivity contribution in [1.82, 2.24) is 4.90 Å². The summed E-state index contributed by atoms with van der Waals surface area (Å²) in [6.45, 7) is 2.66. The highest BCUT2D eigenvalue weighted by Crippen LogP contribution is 2.30. The van der Waals surface area contributed by atoms with Crippen LogP contribution in [0.15, 0.2) is 0 Å². The van der Waals surface area contributed by atoms with Gasteiger partial charge < -0.3 is 10.6 Å². The Kier molecular flexibility index (Phi) is 5.56. The number of nitrogens with zero attached hydrogens (tertiary/aromatic N) is 1. The molecule has 1 aliphatic carbocycles. The first kappa shape index (κ1) is 13.8. The van der Waals surface area contributed by atoms with Gasteiger partial charge in [0.25, 0.3) is 0 Å². The molecule has 0 unspecified atom stereocenters. The van der Waals surface area contributed by atoms with E-state index in [2.05, 4.69) is 0 Å². The number of hydrogen-bond donors (Lipinski definition) is 1. The molecule has 0 aromatic carbocycles. The molecular weight excluding hydrogens is 224 g/mol. The second-order valence-electron chi connectivity index (χ2n) is 5.06. The molecule has 1 saturated carbocycles. The summed E-state index contributed by atoms with van der Waals surface area (Å²) < 4.78 is 0. The van der Waals surface area contributed by atoms with Crippen molar-refractivity contribution in [3.63, 3.8) is 0 Å². The van der Waals surface area contributed by atoms with Gasteiger partial charge in [-0.1, -0.05) is 6.42 Å². The average Bonchev–Trinajstić information content (AvgIpc) is 2.23. The molecule has 1 amide bonds. The van der Waals surface area contributed by atoms with Gasteiger partial charge in [-0.3, -0.25) is 4.79 Å². The van der Waals surface area contributed by atoms with Gasteiger partial charge in [0.1, 0.15) is 0 Å². The van der Waals surface area contributed by atoms with Gasteiger partial charge in [-0.05, 0) is 44.1 Å². The normalized spacial score (nSPS) is 22.4. The van der Waals surface area contributed by atoms with Crippen molar-refractivity contribution < 1.29 is 4.79 Å². The zero-order valence-corrected chi connectivity index (χ0v) is 10.7. The van der Waals surface area contributed by atoms with Gasteiger partial charge in [0.2, 0.25) is 5.91 Å². The Bertz CT molecular complexity index is 223. The smallest absolute Gasteiger partial charge is 0.222 e. The first-order valence-corrected chi connectivity index (χ1v) is 6.27. The largest absolute Gasteiger partial charge is 0.343 e. The predicted molar refractivity (Wildman–Crippen MR) is 67.6 cm³/mol. The van der Waals surface area contributed by atoms with Gasteiger partial charge in [-0.15, -0.1) is 12.4 Å². The van der Waals surface area contributed by atoms with E-state index in [-0.39, 0.29) is 12.4 Å². The highest BCUT2D eigenvalue weighted by molar-refractivity contribution is 5.85. The van der Waals surface area contributed by atoms with E-state index < -0.39 is 0 Å². The molecule has 16 heavy (non-hydrogen) atoms. The Morgan fingerprint density at radius 1 is 1.12 bits per heavy atom. The van der Waals surface area contributed by atoms with E-state index in [1.165, 1.54) is 19.3 Å². The molecule has 2 aliphatic rings. The highest BCUT2D eigenvalue weighted by atomic mass is 35.5. The van der Waals surface area contributed by atoms with Gasteiger partial charge in [0.05, 0.1) is 0 Å². The molecular formula is C12H23ClN2O.